The standard InChI is InChI=1S/C15H21BrN4O3/c1-2-4-13(21)20-6-3-5-10(9-20)14(22)18-19-15(23)12-7-11(16)8-17-12/h7-8,10,17H,2-6,9H2,1H3,(H,18,22)(H,19,23). The Labute approximate surface area is 143 Å². The lowest BCUT2D eigenvalue weighted by Crippen LogP contribution is -2.50. The molecule has 1 aromatic rings. The number of carbonyl (C=O) groups excluding carboxylic acids is 3. The molecule has 0 aromatic carbocycles. The monoisotopic (exact) mass is 384 g/mol. The van der Waals surface area contributed by atoms with E-state index in [-0.39, 0.29) is 17.7 Å². The molecular formula is C15H21BrN4O3. The number of nitrogens with zero attached hydrogens (tertiary/aromatic N) is 1. The van der Waals surface area contributed by atoms with Crippen molar-refractivity contribution in [1.29, 1.82) is 0 Å². The first-order chi connectivity index (χ1) is 11.0. The number of rotatable bonds is 4. The number of nitrogens with one attached hydrogen (secondary N) is 3. The lowest BCUT2D eigenvalue weighted by molar-refractivity contribution is -0.136. The lowest BCUT2D eigenvalue weighted by atomic mass is 9.97. The van der Waals surface area contributed by atoms with Gasteiger partial charge in [0.25, 0.3) is 5.91 Å². The van der Waals surface area contributed by atoms with Gasteiger partial charge in [-0.2, -0.15) is 0 Å². The highest BCUT2D eigenvalue weighted by Gasteiger charge is 2.28. The summed E-state index contributed by atoms with van der Waals surface area (Å²) in [5.41, 5.74) is 5.17. The second-order valence-corrected chi connectivity index (χ2v) is 6.52. The minimum Gasteiger partial charge on any atom is -0.356 e. The van der Waals surface area contributed by atoms with Gasteiger partial charge in [0.1, 0.15) is 5.69 Å². The van der Waals surface area contributed by atoms with Crippen molar-refractivity contribution in [2.24, 2.45) is 5.92 Å². The number of halogens is 1. The van der Waals surface area contributed by atoms with Crippen LogP contribution in [0.25, 0.3) is 0 Å². The van der Waals surface area contributed by atoms with Gasteiger partial charge in [-0.3, -0.25) is 25.2 Å². The van der Waals surface area contributed by atoms with E-state index < -0.39 is 5.91 Å². The molecule has 1 fully saturated rings. The Balaban J connectivity index is 1.83. The van der Waals surface area contributed by atoms with Crippen molar-refractivity contribution in [2.75, 3.05) is 13.1 Å². The molecule has 3 amide bonds. The molecule has 0 spiro atoms. The van der Waals surface area contributed by atoms with Crippen molar-refractivity contribution in [3.05, 3.63) is 22.4 Å². The summed E-state index contributed by atoms with van der Waals surface area (Å²) < 4.78 is 0.756. The van der Waals surface area contributed by atoms with Crippen molar-refractivity contribution in [3.8, 4) is 0 Å². The van der Waals surface area contributed by atoms with Gasteiger partial charge in [-0.05, 0) is 41.3 Å². The predicted octanol–water partition coefficient (Wildman–Crippen LogP) is 1.58. The first-order valence-electron chi connectivity index (χ1n) is 7.73. The average molecular weight is 385 g/mol. The van der Waals surface area contributed by atoms with Crippen molar-refractivity contribution >= 4 is 33.7 Å². The highest BCUT2D eigenvalue weighted by molar-refractivity contribution is 9.10. The van der Waals surface area contributed by atoms with Gasteiger partial charge in [-0.15, -0.1) is 0 Å². The van der Waals surface area contributed by atoms with E-state index in [1.165, 1.54) is 0 Å². The number of piperidine rings is 1. The number of H-pyrrole nitrogens is 1. The fraction of sp³-hybridized carbons (Fsp3) is 0.533. The van der Waals surface area contributed by atoms with Crippen LogP contribution in [0.15, 0.2) is 16.7 Å². The molecule has 0 aliphatic carbocycles. The fourth-order valence-electron chi connectivity index (χ4n) is 2.58. The number of amides is 3. The first kappa shape index (κ1) is 17.5. The quantitative estimate of drug-likeness (QED) is 0.687. The van der Waals surface area contributed by atoms with Gasteiger partial charge in [0, 0.05) is 30.2 Å². The van der Waals surface area contributed by atoms with E-state index >= 15 is 0 Å². The summed E-state index contributed by atoms with van der Waals surface area (Å²) in [4.78, 5) is 40.5. The SMILES string of the molecule is CCCC(=O)N1CCCC(C(=O)NNC(=O)c2cc(Br)c[nH]2)C1. The minimum absolute atomic E-state index is 0.0882. The highest BCUT2D eigenvalue weighted by Crippen LogP contribution is 2.17. The van der Waals surface area contributed by atoms with Crippen LogP contribution in [0.5, 0.6) is 0 Å². The molecule has 8 heteroatoms. The van der Waals surface area contributed by atoms with Crippen LogP contribution >= 0.6 is 15.9 Å². The zero-order valence-electron chi connectivity index (χ0n) is 13.0. The van der Waals surface area contributed by atoms with E-state index in [1.807, 2.05) is 6.92 Å². The number of aromatic nitrogens is 1. The Morgan fingerprint density at radius 2 is 2.17 bits per heavy atom. The molecule has 1 aliphatic heterocycles. The van der Waals surface area contributed by atoms with E-state index in [0.717, 1.165) is 17.3 Å². The van der Waals surface area contributed by atoms with Crippen LogP contribution in [0.3, 0.4) is 0 Å². The molecule has 23 heavy (non-hydrogen) atoms. The topological polar surface area (TPSA) is 94.3 Å². The van der Waals surface area contributed by atoms with Gasteiger partial charge < -0.3 is 9.88 Å². The third kappa shape index (κ3) is 4.82. The van der Waals surface area contributed by atoms with Gasteiger partial charge in [0.05, 0.1) is 5.92 Å². The summed E-state index contributed by atoms with van der Waals surface area (Å²) in [7, 11) is 0. The Morgan fingerprint density at radius 3 is 2.83 bits per heavy atom. The third-order valence-electron chi connectivity index (χ3n) is 3.80. The molecule has 1 unspecified atom stereocenters. The highest BCUT2D eigenvalue weighted by atomic mass is 79.9. The summed E-state index contributed by atoms with van der Waals surface area (Å²) in [6, 6.07) is 1.62. The second kappa shape index (κ2) is 8.14. The summed E-state index contributed by atoms with van der Waals surface area (Å²) in [6.45, 7) is 3.07. The van der Waals surface area contributed by atoms with Crippen LogP contribution in [0.1, 0.15) is 43.1 Å². The van der Waals surface area contributed by atoms with Crippen LogP contribution in [0.4, 0.5) is 0 Å². The van der Waals surface area contributed by atoms with Gasteiger partial charge in [-0.25, -0.2) is 0 Å². The van der Waals surface area contributed by atoms with Crippen molar-refractivity contribution < 1.29 is 14.4 Å². The molecule has 1 aliphatic rings. The van der Waals surface area contributed by atoms with Crippen molar-refractivity contribution in [2.45, 2.75) is 32.6 Å². The van der Waals surface area contributed by atoms with Crippen LogP contribution in [0.2, 0.25) is 0 Å². The van der Waals surface area contributed by atoms with E-state index in [9.17, 15) is 14.4 Å². The maximum absolute atomic E-state index is 12.2. The molecule has 1 saturated heterocycles. The Hall–Kier alpha value is -1.83. The summed E-state index contributed by atoms with van der Waals surface area (Å²) >= 11 is 3.24. The average Bonchev–Trinajstić information content (AvgIpc) is 2.99. The number of hydrogen-bond acceptors (Lipinski definition) is 3. The zero-order chi connectivity index (χ0) is 16.8. The molecule has 0 radical (unpaired) electrons. The minimum atomic E-state index is -0.418. The van der Waals surface area contributed by atoms with Crippen LogP contribution in [-0.2, 0) is 9.59 Å². The van der Waals surface area contributed by atoms with Crippen molar-refractivity contribution in [3.63, 3.8) is 0 Å². The molecule has 1 aromatic heterocycles. The number of hydrogen-bond donors (Lipinski definition) is 3. The molecule has 0 saturated carbocycles. The summed E-state index contributed by atoms with van der Waals surface area (Å²) in [6.07, 6.45) is 4.45. The molecule has 2 rings (SSSR count). The Bertz CT molecular complexity index is 587. The molecule has 7 nitrogen and oxygen atoms in total. The van der Waals surface area contributed by atoms with E-state index in [0.29, 0.717) is 31.6 Å². The fourth-order valence-corrected chi connectivity index (χ4v) is 2.92. The predicted molar refractivity (Wildman–Crippen MR) is 88.3 cm³/mol. The molecule has 0 bridgehead atoms. The second-order valence-electron chi connectivity index (χ2n) is 5.60. The number of aromatic amines is 1. The number of hydrazine groups is 1. The number of carbonyl (C=O) groups is 3. The van der Waals surface area contributed by atoms with Gasteiger partial charge >= 0.3 is 0 Å². The molecular weight excluding hydrogens is 364 g/mol. The Morgan fingerprint density at radius 1 is 1.39 bits per heavy atom. The van der Waals surface area contributed by atoms with Crippen LogP contribution < -0.4 is 10.9 Å². The van der Waals surface area contributed by atoms with E-state index in [1.54, 1.807) is 17.2 Å². The summed E-state index contributed by atoms with van der Waals surface area (Å²) in [5.74, 6) is -0.887. The smallest absolute Gasteiger partial charge is 0.286 e. The van der Waals surface area contributed by atoms with Gasteiger partial charge in [0.2, 0.25) is 11.8 Å². The van der Waals surface area contributed by atoms with Gasteiger partial charge in [-0.1, -0.05) is 6.92 Å². The maximum Gasteiger partial charge on any atom is 0.286 e. The zero-order valence-corrected chi connectivity index (χ0v) is 14.6. The third-order valence-corrected chi connectivity index (χ3v) is 4.26. The maximum atomic E-state index is 12.2. The number of likely N-dealkylation sites (tertiary alicyclic amines) is 1. The largest absolute Gasteiger partial charge is 0.356 e. The van der Waals surface area contributed by atoms with Gasteiger partial charge in [0.15, 0.2) is 0 Å². The summed E-state index contributed by atoms with van der Waals surface area (Å²) in [5, 5.41) is 0. The van der Waals surface area contributed by atoms with Crippen molar-refractivity contribution in [1.82, 2.24) is 20.7 Å². The normalized spacial score (nSPS) is 17.7. The first-order valence-corrected chi connectivity index (χ1v) is 8.52. The molecule has 2 heterocycles. The molecule has 126 valence electrons. The van der Waals surface area contributed by atoms with E-state index in [2.05, 4.69) is 31.8 Å². The molecule has 1 atom stereocenters. The van der Waals surface area contributed by atoms with Crippen LogP contribution in [-0.4, -0.2) is 40.7 Å². The van der Waals surface area contributed by atoms with Crippen LogP contribution in [0, 0.1) is 5.92 Å². The molecule has 3 N–H and O–H groups in total. The Kier molecular flexibility index (Phi) is 6.20. The lowest BCUT2D eigenvalue weighted by Gasteiger charge is -2.32. The van der Waals surface area contributed by atoms with E-state index in [4.69, 9.17) is 0 Å².